The molecular formula is C29H34O11. The minimum absolute atomic E-state index is 0.110. The maximum atomic E-state index is 13.5. The minimum Gasteiger partial charge on any atom is -0.495 e. The second-order valence-corrected chi connectivity index (χ2v) is 12.3. The van der Waals surface area contributed by atoms with Gasteiger partial charge in [-0.25, -0.2) is 9.59 Å². The zero-order valence-corrected chi connectivity index (χ0v) is 22.8. The number of rotatable bonds is 1. The average Bonchev–Trinajstić information content (AvgIpc) is 3.81. The van der Waals surface area contributed by atoms with E-state index < -0.39 is 70.5 Å². The van der Waals surface area contributed by atoms with E-state index in [1.165, 1.54) is 13.0 Å². The lowest BCUT2D eigenvalue weighted by Gasteiger charge is -2.59. The van der Waals surface area contributed by atoms with Crippen LogP contribution in [0.3, 0.4) is 0 Å². The summed E-state index contributed by atoms with van der Waals surface area (Å²) >= 11 is 0. The third-order valence-electron chi connectivity index (χ3n) is 10.5. The second-order valence-electron chi connectivity index (χ2n) is 12.3. The van der Waals surface area contributed by atoms with E-state index in [0.29, 0.717) is 31.6 Å². The smallest absolute Gasteiger partial charge is 0.338 e. The van der Waals surface area contributed by atoms with Crippen LogP contribution in [-0.2, 0) is 47.5 Å². The van der Waals surface area contributed by atoms with E-state index in [4.69, 9.17) is 33.2 Å². The van der Waals surface area contributed by atoms with Gasteiger partial charge < -0.3 is 38.3 Å². The van der Waals surface area contributed by atoms with Gasteiger partial charge in [-0.1, -0.05) is 19.1 Å². The Labute approximate surface area is 231 Å². The topological polar surface area (TPSA) is 143 Å². The number of ether oxygens (including phenoxy) is 7. The highest BCUT2D eigenvalue weighted by Crippen LogP contribution is 2.72. The molecule has 5 fully saturated rings. The molecule has 5 heterocycles. The van der Waals surface area contributed by atoms with Crippen molar-refractivity contribution >= 4 is 17.9 Å². The number of carbonyl (C=O) groups is 3. The van der Waals surface area contributed by atoms with Crippen LogP contribution in [0.5, 0.6) is 0 Å². The number of hydrogen-bond donors (Lipinski definition) is 1. The molecule has 40 heavy (non-hydrogen) atoms. The molecule has 1 N–H and O–H groups in total. The highest BCUT2D eigenvalue weighted by atomic mass is 16.7. The van der Waals surface area contributed by atoms with E-state index in [9.17, 15) is 19.5 Å². The predicted octanol–water partition coefficient (Wildman–Crippen LogP) is 1.42. The summed E-state index contributed by atoms with van der Waals surface area (Å²) in [5.74, 6) is -1.25. The molecule has 216 valence electrons. The van der Waals surface area contributed by atoms with Crippen LogP contribution in [0.15, 0.2) is 35.6 Å². The predicted molar refractivity (Wildman–Crippen MR) is 133 cm³/mol. The van der Waals surface area contributed by atoms with Gasteiger partial charge in [-0.05, 0) is 25.0 Å². The van der Waals surface area contributed by atoms with Crippen molar-refractivity contribution in [2.24, 2.45) is 10.8 Å². The van der Waals surface area contributed by atoms with E-state index >= 15 is 0 Å². The quantitative estimate of drug-likeness (QED) is 0.216. The molecule has 4 bridgehead atoms. The highest BCUT2D eigenvalue weighted by molar-refractivity contribution is 5.82. The Balaban J connectivity index is 1.31. The number of aliphatic hydroxyl groups is 1. The normalized spacial score (nSPS) is 51.0. The molecule has 0 aromatic rings. The molecule has 5 aliphatic heterocycles. The molecule has 7 aliphatic rings. The molecule has 3 spiro atoms. The van der Waals surface area contributed by atoms with Gasteiger partial charge >= 0.3 is 17.9 Å². The van der Waals surface area contributed by atoms with Gasteiger partial charge in [0.05, 0.1) is 36.3 Å². The molecule has 11 nitrogen and oxygen atoms in total. The van der Waals surface area contributed by atoms with Crippen molar-refractivity contribution in [3.05, 3.63) is 35.6 Å². The summed E-state index contributed by atoms with van der Waals surface area (Å²) in [7, 11) is 0. The van der Waals surface area contributed by atoms with Crippen LogP contribution in [-0.4, -0.2) is 90.7 Å². The Kier molecular flexibility index (Phi) is 5.66. The van der Waals surface area contributed by atoms with Gasteiger partial charge in [0.25, 0.3) is 0 Å². The summed E-state index contributed by atoms with van der Waals surface area (Å²) in [6.45, 7) is 5.83. The molecule has 2 aliphatic carbocycles. The monoisotopic (exact) mass is 558 g/mol. The second kappa shape index (κ2) is 8.64. The molecule has 1 saturated carbocycles. The Morgan fingerprint density at radius 3 is 2.73 bits per heavy atom. The zero-order chi connectivity index (χ0) is 28.1. The van der Waals surface area contributed by atoms with Crippen LogP contribution in [0.25, 0.3) is 0 Å². The average molecular weight is 559 g/mol. The van der Waals surface area contributed by atoms with Crippen LogP contribution in [0.1, 0.15) is 46.5 Å². The van der Waals surface area contributed by atoms with Crippen molar-refractivity contribution in [3.8, 4) is 0 Å². The Morgan fingerprint density at radius 1 is 1.18 bits per heavy atom. The van der Waals surface area contributed by atoms with Crippen molar-refractivity contribution < 1.29 is 52.6 Å². The van der Waals surface area contributed by atoms with Gasteiger partial charge in [-0.3, -0.25) is 4.79 Å². The maximum Gasteiger partial charge on any atom is 0.338 e. The molecule has 0 aromatic carbocycles. The van der Waals surface area contributed by atoms with Crippen molar-refractivity contribution in [3.63, 3.8) is 0 Å². The van der Waals surface area contributed by atoms with Gasteiger partial charge in [-0.2, -0.15) is 0 Å². The van der Waals surface area contributed by atoms with Crippen molar-refractivity contribution in [2.75, 3.05) is 19.8 Å². The summed E-state index contributed by atoms with van der Waals surface area (Å²) < 4.78 is 42.1. The van der Waals surface area contributed by atoms with Gasteiger partial charge in [-0.15, -0.1) is 0 Å². The number of cyclic esters (lactones) is 1. The fourth-order valence-electron chi connectivity index (χ4n) is 8.05. The van der Waals surface area contributed by atoms with Crippen LogP contribution >= 0.6 is 0 Å². The number of esters is 3. The van der Waals surface area contributed by atoms with E-state index in [2.05, 4.69) is 0 Å². The van der Waals surface area contributed by atoms with Crippen molar-refractivity contribution in [1.29, 1.82) is 0 Å². The van der Waals surface area contributed by atoms with Gasteiger partial charge in [0.2, 0.25) is 0 Å². The third-order valence-corrected chi connectivity index (χ3v) is 10.5. The van der Waals surface area contributed by atoms with Gasteiger partial charge in [0.1, 0.15) is 41.9 Å². The molecule has 4 unspecified atom stereocenters. The molecular weight excluding hydrogens is 524 g/mol. The molecule has 0 aromatic heterocycles. The highest BCUT2D eigenvalue weighted by Gasteiger charge is 2.83. The van der Waals surface area contributed by atoms with Gasteiger partial charge in [0, 0.05) is 32.3 Å². The molecule has 7 rings (SSSR count). The van der Waals surface area contributed by atoms with E-state index in [-0.39, 0.29) is 25.7 Å². The first kappa shape index (κ1) is 26.2. The van der Waals surface area contributed by atoms with Crippen LogP contribution in [0, 0.1) is 10.8 Å². The first-order valence-electron chi connectivity index (χ1n) is 13.9. The Bertz CT molecular complexity index is 1250. The summed E-state index contributed by atoms with van der Waals surface area (Å²) in [5, 5.41) is 11.0. The van der Waals surface area contributed by atoms with E-state index in [0.717, 1.165) is 5.57 Å². The summed E-state index contributed by atoms with van der Waals surface area (Å²) in [6, 6.07) is 0. The number of carbonyl (C=O) groups excluding carboxylic acids is 3. The summed E-state index contributed by atoms with van der Waals surface area (Å²) in [6.07, 6.45) is 3.84. The van der Waals surface area contributed by atoms with Gasteiger partial charge in [0.15, 0.2) is 6.10 Å². The molecule has 11 heteroatoms. The van der Waals surface area contributed by atoms with E-state index in [1.54, 1.807) is 12.2 Å². The number of hydrogen-bond acceptors (Lipinski definition) is 11. The van der Waals surface area contributed by atoms with Crippen molar-refractivity contribution in [1.82, 2.24) is 0 Å². The Morgan fingerprint density at radius 2 is 1.98 bits per heavy atom. The summed E-state index contributed by atoms with van der Waals surface area (Å²) in [4.78, 5) is 38.6. The fraction of sp³-hybridized carbons (Fsp3) is 0.690. The first-order chi connectivity index (χ1) is 19.1. The van der Waals surface area contributed by atoms with Crippen LogP contribution in [0.2, 0.25) is 0 Å². The zero-order valence-electron chi connectivity index (χ0n) is 22.8. The molecule has 0 radical (unpaired) electrons. The van der Waals surface area contributed by atoms with E-state index in [1.807, 2.05) is 19.9 Å². The molecule has 10 atom stereocenters. The third kappa shape index (κ3) is 3.41. The lowest BCUT2D eigenvalue weighted by Crippen LogP contribution is -2.68. The van der Waals surface area contributed by atoms with Crippen molar-refractivity contribution in [2.45, 2.75) is 94.3 Å². The molecule has 0 amide bonds. The number of aliphatic hydroxyl groups excluding tert-OH is 1. The summed E-state index contributed by atoms with van der Waals surface area (Å²) in [5.41, 5.74) is -2.81. The lowest BCUT2D eigenvalue weighted by molar-refractivity contribution is -0.240. The number of allylic oxidation sites excluding steroid dienone is 2. The number of epoxide rings is 2. The maximum absolute atomic E-state index is 13.5. The minimum atomic E-state index is -1.15. The molecule has 4 saturated heterocycles. The fourth-order valence-corrected chi connectivity index (χ4v) is 8.05. The first-order valence-corrected chi connectivity index (χ1v) is 13.9. The Hall–Kier alpha value is -2.73. The van der Waals surface area contributed by atoms with Crippen LogP contribution < -0.4 is 0 Å². The standard InChI is InChI=1S/C29H34O11/c1-15-10-20-27(12-18(15)37-16(2)30)13-35-25(33)24-28(40-24)8-9-34-17(23(28)32)6-4-5-7-22(31)39-19-11-21(38-20)29(14-36-29)26(19,27)3/h5-7,10,18-21,23-24,32H,4,8-9,11-14H2,1-3H3/b7-5-,17-6-/t18-,19+,20?,21?,23?,24+,26+,27+,28+,29?/m0/s1. The number of fused-ring (bicyclic) bond motifs is 1. The largest absolute Gasteiger partial charge is 0.495 e. The lowest BCUT2D eigenvalue weighted by atomic mass is 9.51. The SMILES string of the molecule is CC(=O)O[C@H]1C[C@@]23COC(=O)[C@H]4O[C@@]45CCO/C(=C\C/C=C\C(=O)O[C@@H]4CC(OC2C=C1C)C1(CO1)[C@]43C)C5O. The van der Waals surface area contributed by atoms with Crippen LogP contribution in [0.4, 0.5) is 0 Å².